The second-order valence-corrected chi connectivity index (χ2v) is 3.05. The summed E-state index contributed by atoms with van der Waals surface area (Å²) >= 11 is 5.59. The van der Waals surface area contributed by atoms with Gasteiger partial charge in [0, 0.05) is 11.8 Å². The van der Waals surface area contributed by atoms with Gasteiger partial charge >= 0.3 is 5.97 Å². The zero-order chi connectivity index (χ0) is 9.14. The number of carbonyl (C=O) groups is 1. The first-order chi connectivity index (χ1) is 5.70. The van der Waals surface area contributed by atoms with Crippen molar-refractivity contribution >= 4 is 17.6 Å². The first-order valence-corrected chi connectivity index (χ1v) is 4.24. The van der Waals surface area contributed by atoms with Crippen LogP contribution in [-0.4, -0.2) is 30.2 Å². The Bertz CT molecular complexity index is 202. The minimum Gasteiger partial charge on any atom is -0.469 e. The number of halogens is 1. The lowest BCUT2D eigenvalue weighted by Gasteiger charge is -2.17. The zero-order valence-corrected chi connectivity index (χ0v) is 7.49. The van der Waals surface area contributed by atoms with Gasteiger partial charge in [-0.15, -0.1) is 11.6 Å². The highest BCUT2D eigenvalue weighted by molar-refractivity contribution is 6.18. The molecule has 0 spiro atoms. The molecule has 0 aromatic heterocycles. The summed E-state index contributed by atoms with van der Waals surface area (Å²) < 4.78 is 4.55. The fourth-order valence-corrected chi connectivity index (χ4v) is 1.68. The second kappa shape index (κ2) is 3.92. The quantitative estimate of drug-likeness (QED) is 0.393. The number of carbonyl (C=O) groups excluding carboxylic acids is 1. The largest absolute Gasteiger partial charge is 0.469 e. The highest BCUT2D eigenvalue weighted by atomic mass is 35.5. The van der Waals surface area contributed by atoms with E-state index in [1.165, 1.54) is 7.11 Å². The molecule has 1 N–H and O–H groups in total. The first-order valence-electron chi connectivity index (χ1n) is 3.71. The third-order valence-electron chi connectivity index (χ3n) is 2.07. The van der Waals surface area contributed by atoms with E-state index in [1.807, 2.05) is 0 Å². The number of aliphatic hydroxyl groups excluding tert-OH is 1. The Morgan fingerprint density at radius 2 is 2.33 bits per heavy atom. The molecular formula is C8H11ClO3. The van der Waals surface area contributed by atoms with Gasteiger partial charge in [0.2, 0.25) is 0 Å². The van der Waals surface area contributed by atoms with Crippen molar-refractivity contribution in [3.8, 4) is 0 Å². The Morgan fingerprint density at radius 3 is 2.83 bits per heavy atom. The SMILES string of the molecule is COC(=O)[C@H]1C=C[C@@H](O)[C@H]1CCl. The molecule has 0 bridgehead atoms. The van der Waals surface area contributed by atoms with Crippen LogP contribution in [0.4, 0.5) is 0 Å². The molecular weight excluding hydrogens is 180 g/mol. The molecule has 0 unspecified atom stereocenters. The highest BCUT2D eigenvalue weighted by Crippen LogP contribution is 2.27. The van der Waals surface area contributed by atoms with Gasteiger partial charge in [-0.25, -0.2) is 0 Å². The highest BCUT2D eigenvalue weighted by Gasteiger charge is 2.35. The van der Waals surface area contributed by atoms with E-state index in [0.29, 0.717) is 0 Å². The summed E-state index contributed by atoms with van der Waals surface area (Å²) in [5.74, 6) is -0.705. The van der Waals surface area contributed by atoms with Crippen LogP contribution in [0.2, 0.25) is 0 Å². The number of methoxy groups -OCH3 is 1. The van der Waals surface area contributed by atoms with Crippen LogP contribution in [0.25, 0.3) is 0 Å². The standard InChI is InChI=1S/C8H11ClO3/c1-12-8(11)5-2-3-7(10)6(5)4-9/h2-3,5-7,10H,4H2,1H3/t5-,6-,7+/m0/s1. The van der Waals surface area contributed by atoms with Crippen molar-refractivity contribution in [3.63, 3.8) is 0 Å². The average Bonchev–Trinajstić information content (AvgIpc) is 2.45. The molecule has 1 aliphatic carbocycles. The molecule has 12 heavy (non-hydrogen) atoms. The number of ether oxygens (including phenoxy) is 1. The Morgan fingerprint density at radius 1 is 1.67 bits per heavy atom. The van der Waals surface area contributed by atoms with E-state index in [1.54, 1.807) is 12.2 Å². The van der Waals surface area contributed by atoms with Gasteiger partial charge in [0.05, 0.1) is 19.1 Å². The van der Waals surface area contributed by atoms with Crippen molar-refractivity contribution in [2.45, 2.75) is 6.10 Å². The van der Waals surface area contributed by atoms with Gasteiger partial charge in [0.15, 0.2) is 0 Å². The Hall–Kier alpha value is -0.540. The number of rotatable bonds is 2. The molecule has 4 heteroatoms. The second-order valence-electron chi connectivity index (χ2n) is 2.74. The topological polar surface area (TPSA) is 46.5 Å². The Kier molecular flexibility index (Phi) is 3.12. The van der Waals surface area contributed by atoms with E-state index >= 15 is 0 Å². The summed E-state index contributed by atoms with van der Waals surface area (Å²) in [4.78, 5) is 11.1. The van der Waals surface area contributed by atoms with Gasteiger partial charge in [-0.05, 0) is 0 Å². The van der Waals surface area contributed by atoms with Gasteiger partial charge < -0.3 is 9.84 Å². The first kappa shape index (κ1) is 9.55. The molecule has 0 radical (unpaired) electrons. The van der Waals surface area contributed by atoms with Crippen molar-refractivity contribution in [2.75, 3.05) is 13.0 Å². The van der Waals surface area contributed by atoms with Crippen LogP contribution in [0.1, 0.15) is 0 Å². The fourth-order valence-electron chi connectivity index (χ4n) is 1.31. The minimum atomic E-state index is -0.619. The molecule has 68 valence electrons. The Labute approximate surface area is 76.0 Å². The van der Waals surface area contributed by atoms with E-state index < -0.39 is 6.10 Å². The normalized spacial score (nSPS) is 33.8. The summed E-state index contributed by atoms with van der Waals surface area (Å²) in [6.07, 6.45) is 2.60. The van der Waals surface area contributed by atoms with Crippen LogP contribution in [0.5, 0.6) is 0 Å². The van der Waals surface area contributed by atoms with Gasteiger partial charge in [-0.2, -0.15) is 0 Å². The van der Waals surface area contributed by atoms with Gasteiger partial charge in [0.25, 0.3) is 0 Å². The van der Waals surface area contributed by atoms with E-state index in [0.717, 1.165) is 0 Å². The molecule has 0 saturated heterocycles. The van der Waals surface area contributed by atoms with Crippen LogP contribution in [0.3, 0.4) is 0 Å². The summed E-state index contributed by atoms with van der Waals surface area (Å²) in [6.45, 7) is 0. The van der Waals surface area contributed by atoms with Crippen molar-refractivity contribution in [2.24, 2.45) is 11.8 Å². The van der Waals surface area contributed by atoms with E-state index in [4.69, 9.17) is 11.6 Å². The molecule has 0 aliphatic heterocycles. The number of alkyl halides is 1. The summed E-state index contributed by atoms with van der Waals surface area (Å²) in [5.41, 5.74) is 0. The van der Waals surface area contributed by atoms with Gasteiger partial charge in [-0.3, -0.25) is 4.79 Å². The summed E-state index contributed by atoms with van der Waals surface area (Å²) in [7, 11) is 1.33. The molecule has 1 aliphatic rings. The number of hydrogen-bond donors (Lipinski definition) is 1. The molecule has 3 atom stereocenters. The summed E-state index contributed by atoms with van der Waals surface area (Å²) in [5, 5.41) is 9.32. The molecule has 0 aromatic carbocycles. The van der Waals surface area contributed by atoms with Crippen LogP contribution in [0, 0.1) is 11.8 Å². The third kappa shape index (κ3) is 1.62. The molecule has 1 rings (SSSR count). The van der Waals surface area contributed by atoms with Crippen LogP contribution in [0.15, 0.2) is 12.2 Å². The molecule has 0 fully saturated rings. The number of esters is 1. The monoisotopic (exact) mass is 190 g/mol. The van der Waals surface area contributed by atoms with Gasteiger partial charge in [-0.1, -0.05) is 12.2 Å². The van der Waals surface area contributed by atoms with E-state index in [-0.39, 0.29) is 23.7 Å². The maximum absolute atomic E-state index is 11.1. The van der Waals surface area contributed by atoms with Crippen LogP contribution < -0.4 is 0 Å². The molecule has 0 saturated carbocycles. The van der Waals surface area contributed by atoms with E-state index in [9.17, 15) is 9.90 Å². The zero-order valence-electron chi connectivity index (χ0n) is 6.74. The maximum atomic E-state index is 11.1. The number of aliphatic hydroxyl groups is 1. The molecule has 3 nitrogen and oxygen atoms in total. The van der Waals surface area contributed by atoms with E-state index in [2.05, 4.69) is 4.74 Å². The van der Waals surface area contributed by atoms with Crippen molar-refractivity contribution < 1.29 is 14.6 Å². The van der Waals surface area contributed by atoms with Crippen molar-refractivity contribution in [1.29, 1.82) is 0 Å². The van der Waals surface area contributed by atoms with Gasteiger partial charge in [0.1, 0.15) is 0 Å². The minimum absolute atomic E-state index is 0.237. The lowest BCUT2D eigenvalue weighted by molar-refractivity contribution is -0.145. The smallest absolute Gasteiger partial charge is 0.312 e. The predicted molar refractivity (Wildman–Crippen MR) is 44.9 cm³/mol. The molecule has 0 aromatic rings. The third-order valence-corrected chi connectivity index (χ3v) is 2.42. The lowest BCUT2D eigenvalue weighted by atomic mass is 9.96. The number of hydrogen-bond acceptors (Lipinski definition) is 3. The lowest BCUT2D eigenvalue weighted by Crippen LogP contribution is -2.28. The van der Waals surface area contributed by atoms with Crippen LogP contribution >= 0.6 is 11.6 Å². The molecule has 0 amide bonds. The van der Waals surface area contributed by atoms with Crippen molar-refractivity contribution in [3.05, 3.63) is 12.2 Å². The average molecular weight is 191 g/mol. The summed E-state index contributed by atoms with van der Waals surface area (Å²) in [6, 6.07) is 0. The maximum Gasteiger partial charge on any atom is 0.312 e. The van der Waals surface area contributed by atoms with Crippen LogP contribution in [-0.2, 0) is 9.53 Å². The predicted octanol–water partition coefficient (Wildman–Crippen LogP) is 0.561. The van der Waals surface area contributed by atoms with Crippen molar-refractivity contribution in [1.82, 2.24) is 0 Å². The fraction of sp³-hybridized carbons (Fsp3) is 0.625. The molecule has 0 heterocycles. The Balaban J connectivity index is 2.66.